The molecule has 2 aromatic rings. The summed E-state index contributed by atoms with van der Waals surface area (Å²) in [5.41, 5.74) is 3.85. The summed E-state index contributed by atoms with van der Waals surface area (Å²) in [7, 11) is 0. The monoisotopic (exact) mass is 338 g/mol. The van der Waals surface area contributed by atoms with Crippen LogP contribution in [0.25, 0.3) is 0 Å². The molecule has 0 bridgehead atoms. The van der Waals surface area contributed by atoms with Crippen LogP contribution in [-0.4, -0.2) is 22.6 Å². The van der Waals surface area contributed by atoms with E-state index in [4.69, 9.17) is 0 Å². The van der Waals surface area contributed by atoms with E-state index in [0.29, 0.717) is 18.2 Å². The zero-order chi connectivity index (χ0) is 17.1. The number of nitrogens with zero attached hydrogens (tertiary/aromatic N) is 1. The van der Waals surface area contributed by atoms with Crippen molar-refractivity contribution < 1.29 is 4.79 Å². The highest BCUT2D eigenvalue weighted by Gasteiger charge is 2.26. The molecule has 1 unspecified atom stereocenters. The predicted molar refractivity (Wildman–Crippen MR) is 97.2 cm³/mol. The number of nitrogens with one attached hydrogen (secondary N) is 3. The van der Waals surface area contributed by atoms with E-state index in [-0.39, 0.29) is 11.9 Å². The van der Waals surface area contributed by atoms with E-state index in [2.05, 4.69) is 33.0 Å². The average molecular weight is 338 g/mol. The van der Waals surface area contributed by atoms with Crippen LogP contribution in [0, 0.1) is 5.92 Å². The summed E-state index contributed by atoms with van der Waals surface area (Å²) in [6.07, 6.45) is 7.11. The van der Waals surface area contributed by atoms with E-state index in [1.165, 1.54) is 31.2 Å². The van der Waals surface area contributed by atoms with Crippen LogP contribution >= 0.6 is 0 Å². The largest absolute Gasteiger partial charge is 0.344 e. The second kappa shape index (κ2) is 7.40. The summed E-state index contributed by atoms with van der Waals surface area (Å²) in [5, 5.41) is 13.9. The maximum Gasteiger partial charge on any atom is 0.272 e. The van der Waals surface area contributed by atoms with Gasteiger partial charge in [0.15, 0.2) is 5.69 Å². The summed E-state index contributed by atoms with van der Waals surface area (Å²) in [6, 6.07) is 10.4. The molecule has 1 aliphatic carbocycles. The zero-order valence-corrected chi connectivity index (χ0v) is 14.6. The van der Waals surface area contributed by atoms with Crippen molar-refractivity contribution >= 4 is 5.91 Å². The fourth-order valence-corrected chi connectivity index (χ4v) is 4.18. The first-order chi connectivity index (χ1) is 12.3. The van der Waals surface area contributed by atoms with Crippen LogP contribution in [0.15, 0.2) is 30.3 Å². The van der Waals surface area contributed by atoms with Gasteiger partial charge in [-0.25, -0.2) is 0 Å². The van der Waals surface area contributed by atoms with Gasteiger partial charge in [0.2, 0.25) is 0 Å². The Hall–Kier alpha value is -2.14. The van der Waals surface area contributed by atoms with Gasteiger partial charge in [-0.1, -0.05) is 56.0 Å². The molecule has 0 radical (unpaired) electrons. The zero-order valence-electron chi connectivity index (χ0n) is 14.6. The molecule has 3 N–H and O–H groups in total. The lowest BCUT2D eigenvalue weighted by Gasteiger charge is -2.22. The smallest absolute Gasteiger partial charge is 0.272 e. The molecule has 5 nitrogen and oxygen atoms in total. The Kier molecular flexibility index (Phi) is 4.83. The number of aromatic amines is 1. The molecule has 1 aliphatic heterocycles. The number of hydrogen-bond donors (Lipinski definition) is 3. The van der Waals surface area contributed by atoms with Crippen LogP contribution in [0.1, 0.15) is 65.5 Å². The van der Waals surface area contributed by atoms with Crippen LogP contribution in [0.3, 0.4) is 0 Å². The Balaban J connectivity index is 1.53. The highest BCUT2D eigenvalue weighted by atomic mass is 16.2. The third-order valence-electron chi connectivity index (χ3n) is 5.57. The Morgan fingerprint density at radius 3 is 2.84 bits per heavy atom. The van der Waals surface area contributed by atoms with Crippen molar-refractivity contribution in [2.24, 2.45) is 5.92 Å². The van der Waals surface area contributed by atoms with Gasteiger partial charge in [0.05, 0.1) is 6.04 Å². The van der Waals surface area contributed by atoms with Crippen molar-refractivity contribution in [2.75, 3.05) is 6.54 Å². The third-order valence-corrected chi connectivity index (χ3v) is 5.57. The molecule has 1 aromatic heterocycles. The minimum absolute atomic E-state index is 0.0562. The van der Waals surface area contributed by atoms with Crippen LogP contribution < -0.4 is 10.6 Å². The van der Waals surface area contributed by atoms with Crippen molar-refractivity contribution in [2.45, 2.75) is 51.1 Å². The third kappa shape index (κ3) is 3.61. The van der Waals surface area contributed by atoms with Gasteiger partial charge in [0.1, 0.15) is 0 Å². The van der Waals surface area contributed by atoms with Gasteiger partial charge >= 0.3 is 0 Å². The molecular formula is C20H26N4O. The lowest BCUT2D eigenvalue weighted by atomic mass is 9.93. The first-order valence-corrected chi connectivity index (χ1v) is 9.44. The minimum Gasteiger partial charge on any atom is -0.344 e. The summed E-state index contributed by atoms with van der Waals surface area (Å²) >= 11 is 0. The molecule has 1 aromatic carbocycles. The maximum atomic E-state index is 12.9. The Labute approximate surface area is 148 Å². The Morgan fingerprint density at radius 2 is 2.04 bits per heavy atom. The first kappa shape index (κ1) is 16.3. The predicted octanol–water partition coefficient (Wildman–Crippen LogP) is 3.11. The van der Waals surface area contributed by atoms with Gasteiger partial charge in [-0.05, 0) is 17.9 Å². The molecule has 25 heavy (non-hydrogen) atoms. The molecule has 132 valence electrons. The molecule has 2 aliphatic rings. The SMILES string of the molecule is O=C(NC(CC1CCCC1)c1ccccc1)c1n[nH]c2c1CNCC2. The standard InChI is InChI=1S/C20H26N4O/c25-20(19-16-13-21-11-10-17(16)23-24-19)22-18(12-14-6-4-5-7-14)15-8-2-1-3-9-15/h1-3,8-9,14,18,21H,4-7,10-13H2,(H,22,25)(H,23,24). The lowest BCUT2D eigenvalue weighted by molar-refractivity contribution is 0.0924. The molecule has 1 amide bonds. The molecule has 2 heterocycles. The number of carbonyl (C=O) groups is 1. The number of aromatic nitrogens is 2. The Bertz CT molecular complexity index is 719. The number of carbonyl (C=O) groups excluding carboxylic acids is 1. The van der Waals surface area contributed by atoms with Gasteiger partial charge in [-0.3, -0.25) is 9.89 Å². The van der Waals surface area contributed by atoms with E-state index in [0.717, 1.165) is 30.6 Å². The minimum atomic E-state index is -0.0620. The quantitative estimate of drug-likeness (QED) is 0.784. The van der Waals surface area contributed by atoms with Crippen molar-refractivity contribution in [3.8, 4) is 0 Å². The number of amides is 1. The average Bonchev–Trinajstić information content (AvgIpc) is 3.31. The molecule has 1 saturated carbocycles. The van der Waals surface area contributed by atoms with E-state index < -0.39 is 0 Å². The Morgan fingerprint density at radius 1 is 1.24 bits per heavy atom. The van der Waals surface area contributed by atoms with Gasteiger partial charge in [-0.15, -0.1) is 0 Å². The second-order valence-electron chi connectivity index (χ2n) is 7.28. The number of H-pyrrole nitrogens is 1. The highest BCUT2D eigenvalue weighted by Crippen LogP contribution is 2.33. The first-order valence-electron chi connectivity index (χ1n) is 9.44. The summed E-state index contributed by atoms with van der Waals surface area (Å²) in [4.78, 5) is 12.9. The van der Waals surface area contributed by atoms with Crippen LogP contribution in [0.5, 0.6) is 0 Å². The number of hydrogen-bond acceptors (Lipinski definition) is 3. The van der Waals surface area contributed by atoms with E-state index in [1.54, 1.807) is 0 Å². The van der Waals surface area contributed by atoms with Gasteiger partial charge < -0.3 is 10.6 Å². The molecule has 0 spiro atoms. The normalized spacial score (nSPS) is 18.7. The maximum absolute atomic E-state index is 12.9. The van der Waals surface area contributed by atoms with E-state index in [9.17, 15) is 4.79 Å². The van der Waals surface area contributed by atoms with Gasteiger partial charge in [0, 0.05) is 30.8 Å². The molecule has 4 rings (SSSR count). The number of rotatable bonds is 5. The fourth-order valence-electron chi connectivity index (χ4n) is 4.18. The van der Waals surface area contributed by atoms with Gasteiger partial charge in [0.25, 0.3) is 5.91 Å². The van der Waals surface area contributed by atoms with Crippen molar-refractivity contribution in [3.63, 3.8) is 0 Å². The van der Waals surface area contributed by atoms with E-state index >= 15 is 0 Å². The number of benzene rings is 1. The van der Waals surface area contributed by atoms with Crippen molar-refractivity contribution in [1.82, 2.24) is 20.8 Å². The van der Waals surface area contributed by atoms with Crippen LogP contribution in [-0.2, 0) is 13.0 Å². The molecule has 1 fully saturated rings. The van der Waals surface area contributed by atoms with E-state index in [1.807, 2.05) is 18.2 Å². The summed E-state index contributed by atoms with van der Waals surface area (Å²) in [6.45, 7) is 1.65. The second-order valence-corrected chi connectivity index (χ2v) is 7.28. The topological polar surface area (TPSA) is 69.8 Å². The molecule has 0 saturated heterocycles. The fraction of sp³-hybridized carbons (Fsp3) is 0.500. The molecule has 1 atom stereocenters. The summed E-state index contributed by atoms with van der Waals surface area (Å²) < 4.78 is 0. The lowest BCUT2D eigenvalue weighted by Crippen LogP contribution is -2.32. The van der Waals surface area contributed by atoms with Crippen LogP contribution in [0.2, 0.25) is 0 Å². The highest BCUT2D eigenvalue weighted by molar-refractivity contribution is 5.94. The van der Waals surface area contributed by atoms with Gasteiger partial charge in [-0.2, -0.15) is 5.10 Å². The summed E-state index contributed by atoms with van der Waals surface area (Å²) in [5.74, 6) is 0.647. The van der Waals surface area contributed by atoms with Crippen molar-refractivity contribution in [1.29, 1.82) is 0 Å². The molecular weight excluding hydrogens is 312 g/mol. The number of fused-ring (bicyclic) bond motifs is 1. The molecule has 5 heteroatoms. The van der Waals surface area contributed by atoms with Crippen molar-refractivity contribution in [3.05, 3.63) is 52.8 Å². The van der Waals surface area contributed by atoms with Crippen LogP contribution in [0.4, 0.5) is 0 Å².